The molecule has 0 radical (unpaired) electrons. The van der Waals surface area contributed by atoms with Crippen LogP contribution in [0.25, 0.3) is 5.32 Å². The van der Waals surface area contributed by atoms with Crippen molar-refractivity contribution >= 4 is 0 Å². The van der Waals surface area contributed by atoms with Gasteiger partial charge in [0, 0.05) is 0 Å². The first-order valence-electron chi connectivity index (χ1n) is 7.18. The van der Waals surface area contributed by atoms with Crippen LogP contribution in [0.2, 0.25) is 0 Å². The summed E-state index contributed by atoms with van der Waals surface area (Å²) in [6.07, 6.45) is 8.10. The third kappa shape index (κ3) is 2.19. The van der Waals surface area contributed by atoms with Crippen LogP contribution >= 0.6 is 0 Å². The molecule has 2 saturated carbocycles. The number of nitrogens with zero attached hydrogens (tertiary/aromatic N) is 1. The van der Waals surface area contributed by atoms with Gasteiger partial charge in [0.1, 0.15) is 0 Å². The molecular weight excluding hydrogens is 206 g/mol. The molecular formula is C16H28N-. The van der Waals surface area contributed by atoms with Crippen LogP contribution in [-0.4, -0.2) is 12.6 Å². The minimum atomic E-state index is 0.223. The summed E-state index contributed by atoms with van der Waals surface area (Å²) in [7, 11) is 2.02. The van der Waals surface area contributed by atoms with Gasteiger partial charge in [-0.2, -0.15) is 7.05 Å². The molecule has 0 amide bonds. The van der Waals surface area contributed by atoms with Crippen molar-refractivity contribution in [2.45, 2.75) is 64.8 Å². The van der Waals surface area contributed by atoms with E-state index in [2.05, 4.69) is 27.4 Å². The van der Waals surface area contributed by atoms with E-state index in [0.717, 1.165) is 11.8 Å². The van der Waals surface area contributed by atoms with Gasteiger partial charge in [0.2, 0.25) is 0 Å². The van der Waals surface area contributed by atoms with Crippen molar-refractivity contribution in [3.8, 4) is 0 Å². The summed E-state index contributed by atoms with van der Waals surface area (Å²) in [5.41, 5.74) is 2.15. The highest BCUT2D eigenvalue weighted by molar-refractivity contribution is 5.15. The van der Waals surface area contributed by atoms with E-state index in [4.69, 9.17) is 5.32 Å². The third-order valence-corrected chi connectivity index (χ3v) is 5.81. The number of rotatable bonds is 2. The van der Waals surface area contributed by atoms with Gasteiger partial charge in [-0.25, -0.2) is 0 Å². The minimum absolute atomic E-state index is 0.223. The summed E-state index contributed by atoms with van der Waals surface area (Å²) in [4.78, 5) is 0. The highest BCUT2D eigenvalue weighted by Crippen LogP contribution is 2.58. The van der Waals surface area contributed by atoms with Gasteiger partial charge in [-0.05, 0) is 49.9 Å². The molecule has 0 bridgehead atoms. The third-order valence-electron chi connectivity index (χ3n) is 5.81. The molecule has 1 heteroatoms. The Morgan fingerprint density at radius 3 is 2.53 bits per heavy atom. The van der Waals surface area contributed by atoms with E-state index >= 15 is 0 Å². The summed E-state index contributed by atoms with van der Waals surface area (Å²) in [6.45, 7) is 11.3. The first-order chi connectivity index (χ1) is 7.91. The van der Waals surface area contributed by atoms with E-state index < -0.39 is 0 Å². The van der Waals surface area contributed by atoms with Crippen LogP contribution in [0.5, 0.6) is 0 Å². The maximum atomic E-state index is 4.77. The van der Waals surface area contributed by atoms with Crippen molar-refractivity contribution in [2.24, 2.45) is 17.3 Å². The Labute approximate surface area is 107 Å². The van der Waals surface area contributed by atoms with Crippen LogP contribution in [0.15, 0.2) is 12.2 Å². The Balaban J connectivity index is 2.23. The van der Waals surface area contributed by atoms with Crippen LogP contribution in [0.1, 0.15) is 59.3 Å². The highest BCUT2D eigenvalue weighted by atomic mass is 15.0. The lowest BCUT2D eigenvalue weighted by Crippen LogP contribution is -2.50. The Bertz CT molecular complexity index is 299. The number of hydrogen-bond acceptors (Lipinski definition) is 0. The molecule has 2 aliphatic rings. The fourth-order valence-electron chi connectivity index (χ4n) is 4.41. The Morgan fingerprint density at radius 1 is 1.24 bits per heavy atom. The fourth-order valence-corrected chi connectivity index (χ4v) is 4.41. The van der Waals surface area contributed by atoms with Gasteiger partial charge in [-0.3, -0.25) is 0 Å². The lowest BCUT2D eigenvalue weighted by Gasteiger charge is -2.62. The van der Waals surface area contributed by atoms with Gasteiger partial charge in [0.15, 0.2) is 0 Å². The van der Waals surface area contributed by atoms with Gasteiger partial charge in [-0.15, -0.1) is 5.54 Å². The lowest BCUT2D eigenvalue weighted by atomic mass is 9.52. The van der Waals surface area contributed by atoms with Gasteiger partial charge >= 0.3 is 0 Å². The standard InChI is InChI=1S/C16H28N/c1-12(2)13-7-10-15(3)8-6-9-16(4,17-5)14(15)11-13/h13-14H,1,6-11H2,2-5H3/q-1/t13-,14+,15+,16+/m0/s1. The fraction of sp³-hybridized carbons (Fsp3) is 0.875. The van der Waals surface area contributed by atoms with Crippen molar-refractivity contribution in [1.82, 2.24) is 0 Å². The smallest absolute Gasteiger partial charge is 0.0206 e. The van der Waals surface area contributed by atoms with Crippen molar-refractivity contribution in [3.63, 3.8) is 0 Å². The maximum absolute atomic E-state index is 4.77. The van der Waals surface area contributed by atoms with E-state index in [0.29, 0.717) is 5.41 Å². The van der Waals surface area contributed by atoms with Gasteiger partial charge < -0.3 is 5.32 Å². The molecule has 0 aromatic carbocycles. The first-order valence-corrected chi connectivity index (χ1v) is 7.18. The molecule has 98 valence electrons. The second-order valence-electron chi connectivity index (χ2n) is 6.96. The Kier molecular flexibility index (Phi) is 3.42. The van der Waals surface area contributed by atoms with Crippen molar-refractivity contribution in [3.05, 3.63) is 17.5 Å². The first kappa shape index (κ1) is 13.1. The molecule has 0 aromatic rings. The highest BCUT2D eigenvalue weighted by Gasteiger charge is 2.46. The number of hydrogen-bond donors (Lipinski definition) is 0. The molecule has 2 aliphatic carbocycles. The molecule has 0 heterocycles. The van der Waals surface area contributed by atoms with Crippen LogP contribution in [-0.2, 0) is 0 Å². The second-order valence-corrected chi connectivity index (χ2v) is 6.96. The van der Waals surface area contributed by atoms with E-state index in [1.54, 1.807) is 0 Å². The van der Waals surface area contributed by atoms with Crippen molar-refractivity contribution < 1.29 is 0 Å². The lowest BCUT2D eigenvalue weighted by molar-refractivity contribution is 0.00360. The predicted octanol–water partition coefficient (Wildman–Crippen LogP) is 4.93. The van der Waals surface area contributed by atoms with Gasteiger partial charge in [0.25, 0.3) is 0 Å². The molecule has 0 unspecified atom stereocenters. The average molecular weight is 234 g/mol. The van der Waals surface area contributed by atoms with Crippen LogP contribution in [0.4, 0.5) is 0 Å². The molecule has 17 heavy (non-hydrogen) atoms. The van der Waals surface area contributed by atoms with Gasteiger partial charge in [-0.1, -0.05) is 38.8 Å². The van der Waals surface area contributed by atoms with Crippen molar-refractivity contribution in [1.29, 1.82) is 0 Å². The quantitative estimate of drug-likeness (QED) is 0.601. The minimum Gasteiger partial charge on any atom is -0.659 e. The summed E-state index contributed by atoms with van der Waals surface area (Å²) < 4.78 is 0. The topological polar surface area (TPSA) is 14.1 Å². The summed E-state index contributed by atoms with van der Waals surface area (Å²) in [5.74, 6) is 1.51. The zero-order chi connectivity index (χ0) is 12.7. The molecule has 0 aromatic heterocycles. The maximum Gasteiger partial charge on any atom is -0.0206 e. The SMILES string of the molecule is C=C(C)[C@H]1CC[C@@]2(C)CCC[C@@](C)([N-]C)[C@@H]2C1. The molecule has 0 saturated heterocycles. The predicted molar refractivity (Wildman–Crippen MR) is 75.3 cm³/mol. The molecule has 0 spiro atoms. The normalized spacial score (nSPS) is 46.4. The zero-order valence-electron chi connectivity index (χ0n) is 12.1. The molecule has 2 rings (SSSR count). The average Bonchev–Trinajstić information content (AvgIpc) is 2.28. The molecule has 2 fully saturated rings. The summed E-state index contributed by atoms with van der Waals surface area (Å²) >= 11 is 0. The summed E-state index contributed by atoms with van der Waals surface area (Å²) in [6, 6.07) is 0. The molecule has 0 aliphatic heterocycles. The monoisotopic (exact) mass is 234 g/mol. The summed E-state index contributed by atoms with van der Waals surface area (Å²) in [5, 5.41) is 4.77. The van der Waals surface area contributed by atoms with Crippen LogP contribution < -0.4 is 0 Å². The molecule has 1 nitrogen and oxygen atoms in total. The Morgan fingerprint density at radius 2 is 1.94 bits per heavy atom. The number of fused-ring (bicyclic) bond motifs is 1. The second kappa shape index (κ2) is 4.42. The van der Waals surface area contributed by atoms with E-state index in [1.165, 1.54) is 44.1 Å². The van der Waals surface area contributed by atoms with Crippen LogP contribution in [0, 0.1) is 17.3 Å². The zero-order valence-corrected chi connectivity index (χ0v) is 12.1. The van der Waals surface area contributed by atoms with E-state index in [1.807, 2.05) is 7.05 Å². The van der Waals surface area contributed by atoms with Gasteiger partial charge in [0.05, 0.1) is 0 Å². The largest absolute Gasteiger partial charge is 0.659 e. The number of allylic oxidation sites excluding steroid dienone is 1. The molecule has 4 atom stereocenters. The molecule has 0 N–H and O–H groups in total. The van der Waals surface area contributed by atoms with Crippen LogP contribution in [0.3, 0.4) is 0 Å². The van der Waals surface area contributed by atoms with E-state index in [-0.39, 0.29) is 5.54 Å². The van der Waals surface area contributed by atoms with E-state index in [9.17, 15) is 0 Å². The van der Waals surface area contributed by atoms with Crippen molar-refractivity contribution in [2.75, 3.05) is 7.05 Å². The Hall–Kier alpha value is -0.300.